The molecule has 0 bridgehead atoms. The Morgan fingerprint density at radius 2 is 1.68 bits per heavy atom. The van der Waals surface area contributed by atoms with E-state index >= 15 is 0 Å². The van der Waals surface area contributed by atoms with E-state index in [-0.39, 0.29) is 6.10 Å². The van der Waals surface area contributed by atoms with Gasteiger partial charge in [-0.15, -0.1) is 0 Å². The summed E-state index contributed by atoms with van der Waals surface area (Å²) in [6.45, 7) is 2.26. The summed E-state index contributed by atoms with van der Waals surface area (Å²) in [5, 5.41) is 9.86. The Morgan fingerprint density at radius 1 is 1.05 bits per heavy atom. The van der Waals surface area contributed by atoms with Crippen LogP contribution in [0.5, 0.6) is 0 Å². The Hall–Kier alpha value is -0.830. The van der Waals surface area contributed by atoms with Crippen LogP contribution in [0.3, 0.4) is 0 Å². The maximum absolute atomic E-state index is 9.86. The number of aromatic amines is 1. The molecule has 1 unspecified atom stereocenters. The van der Waals surface area contributed by atoms with Crippen LogP contribution in [0.4, 0.5) is 0 Å². The van der Waals surface area contributed by atoms with Crippen LogP contribution in [-0.2, 0) is 6.42 Å². The Kier molecular flexibility index (Phi) is 9.42. The lowest BCUT2D eigenvalue weighted by atomic mass is 10.0. The first-order chi connectivity index (χ1) is 9.33. The molecular weight excluding hydrogens is 236 g/mol. The molecule has 3 nitrogen and oxygen atoms in total. The molecule has 0 saturated heterocycles. The van der Waals surface area contributed by atoms with Gasteiger partial charge in [-0.2, -0.15) is 0 Å². The molecule has 0 aliphatic heterocycles. The minimum absolute atomic E-state index is 0.240. The molecule has 0 amide bonds. The van der Waals surface area contributed by atoms with Gasteiger partial charge in [0.25, 0.3) is 0 Å². The van der Waals surface area contributed by atoms with Crippen molar-refractivity contribution in [3.63, 3.8) is 0 Å². The number of aliphatic hydroxyl groups is 1. The monoisotopic (exact) mass is 266 g/mol. The second-order valence-corrected chi connectivity index (χ2v) is 5.51. The van der Waals surface area contributed by atoms with E-state index in [1.807, 2.05) is 0 Å². The Morgan fingerprint density at radius 3 is 2.26 bits per heavy atom. The first-order valence-corrected chi connectivity index (χ1v) is 7.99. The number of H-pyrrole nitrogens is 1. The number of rotatable bonds is 12. The smallest absolute Gasteiger partial charge is 0.108 e. The molecule has 0 aliphatic rings. The van der Waals surface area contributed by atoms with Crippen molar-refractivity contribution in [2.24, 2.45) is 0 Å². The number of imidazole rings is 1. The largest absolute Gasteiger partial charge is 0.393 e. The third kappa shape index (κ3) is 8.82. The van der Waals surface area contributed by atoms with Crippen molar-refractivity contribution in [2.45, 2.75) is 83.7 Å². The average molecular weight is 266 g/mol. The molecule has 2 N–H and O–H groups in total. The summed E-state index contributed by atoms with van der Waals surface area (Å²) in [7, 11) is 0. The van der Waals surface area contributed by atoms with Gasteiger partial charge in [0.2, 0.25) is 0 Å². The van der Waals surface area contributed by atoms with Crippen molar-refractivity contribution in [2.75, 3.05) is 0 Å². The van der Waals surface area contributed by atoms with Gasteiger partial charge in [0.05, 0.1) is 6.10 Å². The SMILES string of the molecule is CCCCCCCCCCCC(O)Cc1ncc[nH]1. The minimum Gasteiger partial charge on any atom is -0.393 e. The summed E-state index contributed by atoms with van der Waals surface area (Å²) in [5.74, 6) is 0.892. The maximum atomic E-state index is 9.86. The fourth-order valence-electron chi connectivity index (χ4n) is 2.43. The Labute approximate surface area is 117 Å². The maximum Gasteiger partial charge on any atom is 0.108 e. The van der Waals surface area contributed by atoms with Crippen LogP contribution in [0, 0.1) is 0 Å². The highest BCUT2D eigenvalue weighted by molar-refractivity contribution is 4.88. The second-order valence-electron chi connectivity index (χ2n) is 5.51. The van der Waals surface area contributed by atoms with Gasteiger partial charge in [-0.3, -0.25) is 0 Å². The minimum atomic E-state index is -0.240. The van der Waals surface area contributed by atoms with Crippen molar-refractivity contribution < 1.29 is 5.11 Å². The van der Waals surface area contributed by atoms with Crippen molar-refractivity contribution in [3.05, 3.63) is 18.2 Å². The predicted octanol–water partition coefficient (Wildman–Crippen LogP) is 4.23. The first kappa shape index (κ1) is 16.2. The summed E-state index contributed by atoms with van der Waals surface area (Å²) in [5.41, 5.74) is 0. The van der Waals surface area contributed by atoms with Gasteiger partial charge >= 0.3 is 0 Å². The normalized spacial score (nSPS) is 12.7. The van der Waals surface area contributed by atoms with E-state index in [2.05, 4.69) is 16.9 Å². The first-order valence-electron chi connectivity index (χ1n) is 7.99. The summed E-state index contributed by atoms with van der Waals surface area (Å²) in [6.07, 6.45) is 16.8. The number of aliphatic hydroxyl groups excluding tert-OH is 1. The fourth-order valence-corrected chi connectivity index (χ4v) is 2.43. The van der Waals surface area contributed by atoms with Gasteiger partial charge in [-0.1, -0.05) is 64.7 Å². The number of nitrogens with one attached hydrogen (secondary N) is 1. The lowest BCUT2D eigenvalue weighted by Gasteiger charge is -2.08. The van der Waals surface area contributed by atoms with Crippen molar-refractivity contribution in [1.82, 2.24) is 9.97 Å². The fraction of sp³-hybridized carbons (Fsp3) is 0.812. The van der Waals surface area contributed by atoms with E-state index in [1.54, 1.807) is 12.4 Å². The van der Waals surface area contributed by atoms with Gasteiger partial charge < -0.3 is 10.1 Å². The van der Waals surface area contributed by atoms with Crippen molar-refractivity contribution in [1.29, 1.82) is 0 Å². The number of hydrogen-bond donors (Lipinski definition) is 2. The van der Waals surface area contributed by atoms with Crippen LogP contribution >= 0.6 is 0 Å². The summed E-state index contributed by atoms with van der Waals surface area (Å²) in [4.78, 5) is 7.17. The second kappa shape index (κ2) is 11.0. The Bertz CT molecular complexity index is 285. The molecule has 0 spiro atoms. The van der Waals surface area contributed by atoms with E-state index in [0.717, 1.165) is 18.7 Å². The zero-order chi connectivity index (χ0) is 13.8. The summed E-state index contributed by atoms with van der Waals surface area (Å²) < 4.78 is 0. The van der Waals surface area contributed by atoms with Crippen molar-refractivity contribution in [3.8, 4) is 0 Å². The standard InChI is InChI=1S/C16H30N2O/c1-2-3-4-5-6-7-8-9-10-11-15(19)14-16-17-12-13-18-16/h12-13,15,19H,2-11,14H2,1H3,(H,17,18). The summed E-state index contributed by atoms with van der Waals surface area (Å²) in [6, 6.07) is 0. The van der Waals surface area contributed by atoms with Crippen LogP contribution in [0.15, 0.2) is 12.4 Å². The van der Waals surface area contributed by atoms with Gasteiger partial charge in [0.15, 0.2) is 0 Å². The van der Waals surface area contributed by atoms with Crippen LogP contribution in [0.1, 0.15) is 77.0 Å². The molecule has 1 atom stereocenters. The van der Waals surface area contributed by atoms with Gasteiger partial charge in [0.1, 0.15) is 5.82 Å². The average Bonchev–Trinajstić information content (AvgIpc) is 2.89. The van der Waals surface area contributed by atoms with Crippen LogP contribution < -0.4 is 0 Å². The Balaban J connectivity index is 1.85. The van der Waals surface area contributed by atoms with E-state index < -0.39 is 0 Å². The molecule has 1 heterocycles. The molecule has 0 fully saturated rings. The van der Waals surface area contributed by atoms with Crippen LogP contribution in [0.25, 0.3) is 0 Å². The van der Waals surface area contributed by atoms with E-state index in [9.17, 15) is 5.11 Å². The molecule has 1 aromatic heterocycles. The predicted molar refractivity (Wildman–Crippen MR) is 80.1 cm³/mol. The highest BCUT2D eigenvalue weighted by Crippen LogP contribution is 2.12. The molecule has 0 aromatic carbocycles. The van der Waals surface area contributed by atoms with E-state index in [4.69, 9.17) is 0 Å². The van der Waals surface area contributed by atoms with Gasteiger partial charge in [-0.25, -0.2) is 4.98 Å². The zero-order valence-corrected chi connectivity index (χ0v) is 12.4. The molecule has 0 saturated carbocycles. The number of unbranched alkanes of at least 4 members (excludes halogenated alkanes) is 8. The highest BCUT2D eigenvalue weighted by atomic mass is 16.3. The molecular formula is C16H30N2O. The molecule has 3 heteroatoms. The number of nitrogens with zero attached hydrogens (tertiary/aromatic N) is 1. The van der Waals surface area contributed by atoms with E-state index in [0.29, 0.717) is 6.42 Å². The topological polar surface area (TPSA) is 48.9 Å². The molecule has 0 radical (unpaired) electrons. The molecule has 1 aromatic rings. The number of hydrogen-bond acceptors (Lipinski definition) is 2. The lowest BCUT2D eigenvalue weighted by Crippen LogP contribution is -2.11. The van der Waals surface area contributed by atoms with Crippen LogP contribution in [0.2, 0.25) is 0 Å². The molecule has 1 rings (SSSR count). The third-order valence-corrected chi connectivity index (χ3v) is 3.62. The van der Waals surface area contributed by atoms with Gasteiger partial charge in [0, 0.05) is 18.8 Å². The lowest BCUT2D eigenvalue weighted by molar-refractivity contribution is 0.158. The summed E-state index contributed by atoms with van der Waals surface area (Å²) >= 11 is 0. The van der Waals surface area contributed by atoms with E-state index in [1.165, 1.54) is 51.4 Å². The van der Waals surface area contributed by atoms with Crippen LogP contribution in [-0.4, -0.2) is 21.2 Å². The molecule has 19 heavy (non-hydrogen) atoms. The highest BCUT2D eigenvalue weighted by Gasteiger charge is 2.06. The molecule has 0 aliphatic carbocycles. The molecule has 110 valence electrons. The quantitative estimate of drug-likeness (QED) is 0.556. The van der Waals surface area contributed by atoms with Crippen molar-refractivity contribution >= 4 is 0 Å². The number of aromatic nitrogens is 2. The zero-order valence-electron chi connectivity index (χ0n) is 12.4. The van der Waals surface area contributed by atoms with Gasteiger partial charge in [-0.05, 0) is 6.42 Å². The third-order valence-electron chi connectivity index (χ3n) is 3.62.